The van der Waals surface area contributed by atoms with Crippen LogP contribution >= 0.6 is 0 Å². The Balaban J connectivity index is 2.08. The second-order valence-corrected chi connectivity index (χ2v) is 8.79. The van der Waals surface area contributed by atoms with Crippen molar-refractivity contribution in [3.63, 3.8) is 0 Å². The van der Waals surface area contributed by atoms with E-state index in [1.807, 2.05) is 20.8 Å². The van der Waals surface area contributed by atoms with Crippen molar-refractivity contribution in [2.45, 2.75) is 64.4 Å². The molecule has 7 heteroatoms. The van der Waals surface area contributed by atoms with Crippen LogP contribution in [0.4, 0.5) is 13.2 Å². The fourth-order valence-corrected chi connectivity index (χ4v) is 3.56. The van der Waals surface area contributed by atoms with Crippen molar-refractivity contribution in [2.24, 2.45) is 0 Å². The highest BCUT2D eigenvalue weighted by atomic mass is 19.4. The molecule has 0 radical (unpaired) electrons. The molecule has 1 amide bonds. The van der Waals surface area contributed by atoms with Crippen molar-refractivity contribution < 1.29 is 22.7 Å². The van der Waals surface area contributed by atoms with E-state index < -0.39 is 29.3 Å². The average molecular weight is 394 g/mol. The van der Waals surface area contributed by atoms with Gasteiger partial charge in [0.15, 0.2) is 6.04 Å². The van der Waals surface area contributed by atoms with E-state index in [4.69, 9.17) is 4.74 Å². The molecule has 2 aromatic rings. The maximum atomic E-state index is 14.0. The Kier molecular flexibility index (Phi) is 4.86. The number of nitrogens with one attached hydrogen (secondary N) is 1. The first-order valence-electron chi connectivity index (χ1n) is 9.15. The topological polar surface area (TPSA) is 41.6 Å². The Hall–Kier alpha value is -2.28. The molecule has 1 aliphatic heterocycles. The first-order chi connectivity index (χ1) is 12.8. The van der Waals surface area contributed by atoms with Crippen molar-refractivity contribution >= 4 is 16.7 Å². The third-order valence-corrected chi connectivity index (χ3v) is 4.66. The van der Waals surface area contributed by atoms with Crippen LogP contribution in [0.2, 0.25) is 0 Å². The van der Waals surface area contributed by atoms with Crippen LogP contribution in [-0.2, 0) is 4.79 Å². The molecule has 3 rings (SSSR count). The van der Waals surface area contributed by atoms with Crippen molar-refractivity contribution in [3.05, 3.63) is 42.0 Å². The zero-order valence-corrected chi connectivity index (χ0v) is 16.6. The molecule has 0 aliphatic carbocycles. The fraction of sp³-hybridized carbons (Fsp3) is 0.476. The van der Waals surface area contributed by atoms with Crippen molar-refractivity contribution in [1.29, 1.82) is 0 Å². The van der Waals surface area contributed by atoms with Gasteiger partial charge < -0.3 is 4.74 Å². The van der Waals surface area contributed by atoms with E-state index >= 15 is 0 Å². The lowest BCUT2D eigenvalue weighted by atomic mass is 9.95. The molecule has 0 saturated carbocycles. The van der Waals surface area contributed by atoms with E-state index in [9.17, 15) is 18.0 Å². The summed E-state index contributed by atoms with van der Waals surface area (Å²) in [5, 5.41) is 2.41. The summed E-state index contributed by atoms with van der Waals surface area (Å²) in [4.78, 5) is 11.8. The van der Waals surface area contributed by atoms with Crippen LogP contribution in [0.15, 0.2) is 36.4 Å². The Morgan fingerprint density at radius 1 is 1.14 bits per heavy atom. The van der Waals surface area contributed by atoms with Gasteiger partial charge in [-0.15, -0.1) is 0 Å². The zero-order chi connectivity index (χ0) is 20.9. The van der Waals surface area contributed by atoms with Gasteiger partial charge in [0.2, 0.25) is 5.91 Å². The van der Waals surface area contributed by atoms with Crippen LogP contribution in [0.1, 0.15) is 52.6 Å². The number of hydrogen-bond donors (Lipinski definition) is 1. The summed E-state index contributed by atoms with van der Waals surface area (Å²) in [5.74, 6) is 0.204. The molecular formula is C21H25F3N2O2. The predicted molar refractivity (Wildman–Crippen MR) is 102 cm³/mol. The lowest BCUT2D eigenvalue weighted by Gasteiger charge is -2.38. The number of rotatable bonds is 3. The second kappa shape index (κ2) is 6.65. The van der Waals surface area contributed by atoms with Crippen LogP contribution in [0.25, 0.3) is 10.8 Å². The molecule has 2 aromatic carbocycles. The molecule has 1 fully saturated rings. The Morgan fingerprint density at radius 2 is 1.82 bits per heavy atom. The van der Waals surface area contributed by atoms with E-state index in [0.717, 1.165) is 10.4 Å². The van der Waals surface area contributed by atoms with E-state index in [-0.39, 0.29) is 12.0 Å². The number of benzene rings is 2. The summed E-state index contributed by atoms with van der Waals surface area (Å²) >= 11 is 0. The molecule has 1 atom stereocenters. The minimum atomic E-state index is -4.55. The van der Waals surface area contributed by atoms with E-state index in [0.29, 0.717) is 11.1 Å². The number of amides is 1. The largest absolute Gasteiger partial charge is 0.488 e. The smallest absolute Gasteiger partial charge is 0.409 e. The third kappa shape index (κ3) is 4.09. The van der Waals surface area contributed by atoms with Gasteiger partial charge in [0.05, 0.1) is 0 Å². The fourth-order valence-electron chi connectivity index (χ4n) is 3.56. The summed E-state index contributed by atoms with van der Waals surface area (Å²) < 4.78 is 48.0. The van der Waals surface area contributed by atoms with Crippen LogP contribution in [0, 0.1) is 0 Å². The highest BCUT2D eigenvalue weighted by molar-refractivity contribution is 5.89. The van der Waals surface area contributed by atoms with Crippen molar-refractivity contribution in [3.8, 4) is 5.75 Å². The summed E-state index contributed by atoms with van der Waals surface area (Å²) in [5.41, 5.74) is 1.08. The highest BCUT2D eigenvalue weighted by Gasteiger charge is 2.53. The maximum Gasteiger partial charge on any atom is 0.409 e. The normalized spacial score (nSPS) is 18.9. The zero-order valence-electron chi connectivity index (χ0n) is 16.6. The average Bonchev–Trinajstić information content (AvgIpc) is 2.77. The first kappa shape index (κ1) is 20.5. The highest BCUT2D eigenvalue weighted by Crippen LogP contribution is 2.43. The Bertz CT molecular complexity index is 901. The van der Waals surface area contributed by atoms with Crippen molar-refractivity contribution in [1.82, 2.24) is 10.4 Å². The molecule has 0 spiro atoms. The third-order valence-electron chi connectivity index (χ3n) is 4.66. The molecule has 1 saturated heterocycles. The summed E-state index contributed by atoms with van der Waals surface area (Å²) in [6, 6.07) is 8.01. The molecule has 1 aliphatic rings. The van der Waals surface area contributed by atoms with E-state index in [2.05, 4.69) is 5.43 Å². The summed E-state index contributed by atoms with van der Waals surface area (Å²) in [6.07, 6.45) is -4.54. The minimum absolute atomic E-state index is 0.0106. The first-order valence-corrected chi connectivity index (χ1v) is 9.15. The van der Waals surface area contributed by atoms with Gasteiger partial charge in [-0.05, 0) is 57.7 Å². The monoisotopic (exact) mass is 394 g/mol. The molecule has 1 N–H and O–H groups in total. The Morgan fingerprint density at radius 3 is 2.36 bits per heavy atom. The van der Waals surface area contributed by atoms with Gasteiger partial charge in [0.1, 0.15) is 11.4 Å². The molecule has 1 heterocycles. The van der Waals surface area contributed by atoms with Crippen LogP contribution in [0.3, 0.4) is 0 Å². The number of hydrazine groups is 1. The molecule has 0 bridgehead atoms. The van der Waals surface area contributed by atoms with Gasteiger partial charge in [-0.25, -0.2) is 0 Å². The number of halogens is 3. The van der Waals surface area contributed by atoms with Crippen LogP contribution < -0.4 is 10.2 Å². The summed E-state index contributed by atoms with van der Waals surface area (Å²) in [6.45, 7) is 8.99. The maximum absolute atomic E-state index is 14.0. The lowest BCUT2D eigenvalue weighted by molar-refractivity contribution is -0.203. The molecule has 28 heavy (non-hydrogen) atoms. The van der Waals surface area contributed by atoms with Gasteiger partial charge in [-0.3, -0.25) is 10.2 Å². The van der Waals surface area contributed by atoms with Crippen LogP contribution in [-0.4, -0.2) is 28.2 Å². The number of carbonyl (C=O) groups is 1. The van der Waals surface area contributed by atoms with Gasteiger partial charge >= 0.3 is 6.18 Å². The standard InChI is InChI=1S/C21H25F3N2O2/c1-19(2,3)28-16-8-6-7-13-11-14(9-10-15(13)16)18(21(22,23)24)26-20(4,5)12-17(27)25-26/h6-11,18H,12H2,1-5H3,(H,25,27). The number of nitrogens with zero attached hydrogens (tertiary/aromatic N) is 1. The molecule has 152 valence electrons. The molecule has 4 nitrogen and oxygen atoms in total. The number of hydrogen-bond acceptors (Lipinski definition) is 3. The quantitative estimate of drug-likeness (QED) is 0.784. The van der Waals surface area contributed by atoms with Crippen LogP contribution in [0.5, 0.6) is 5.75 Å². The number of fused-ring (bicyclic) bond motifs is 1. The van der Waals surface area contributed by atoms with Crippen molar-refractivity contribution in [2.75, 3.05) is 0 Å². The number of carbonyl (C=O) groups excluding carboxylic acids is 1. The van der Waals surface area contributed by atoms with Gasteiger partial charge in [-0.2, -0.15) is 18.2 Å². The Labute approximate surface area is 162 Å². The molecular weight excluding hydrogens is 369 g/mol. The van der Waals surface area contributed by atoms with Gasteiger partial charge in [-0.1, -0.05) is 24.3 Å². The molecule has 1 unspecified atom stereocenters. The second-order valence-electron chi connectivity index (χ2n) is 8.79. The predicted octanol–water partition coefficient (Wildman–Crippen LogP) is 5.14. The van der Waals surface area contributed by atoms with Gasteiger partial charge in [0, 0.05) is 17.3 Å². The van der Waals surface area contributed by atoms with E-state index in [1.54, 1.807) is 38.1 Å². The molecule has 0 aromatic heterocycles. The summed E-state index contributed by atoms with van der Waals surface area (Å²) in [7, 11) is 0. The minimum Gasteiger partial charge on any atom is -0.488 e. The van der Waals surface area contributed by atoms with E-state index in [1.165, 1.54) is 12.1 Å². The number of ether oxygens (including phenoxy) is 1. The number of alkyl halides is 3. The SMILES string of the molecule is CC(C)(C)Oc1cccc2cc(C(N3NC(=O)CC3(C)C)C(F)(F)F)ccc12. The lowest BCUT2D eigenvalue weighted by Crippen LogP contribution is -2.51. The van der Waals surface area contributed by atoms with Gasteiger partial charge in [0.25, 0.3) is 0 Å².